The Labute approximate surface area is 87.9 Å². The maximum Gasteiger partial charge on any atom is 0 e. The second kappa shape index (κ2) is 7.99. The van der Waals surface area contributed by atoms with Crippen LogP contribution in [0.1, 0.15) is 0 Å². The molecule has 0 heterocycles. The molecule has 0 aliphatic rings. The van der Waals surface area contributed by atoms with Crippen molar-refractivity contribution in [3.63, 3.8) is 0 Å². The molecule has 0 saturated carbocycles. The average Bonchev–Trinajstić information content (AvgIpc) is 1.72. The van der Waals surface area contributed by atoms with Crippen molar-refractivity contribution in [3.8, 4) is 0 Å². The van der Waals surface area contributed by atoms with E-state index >= 15 is 0 Å². The van der Waals surface area contributed by atoms with Crippen molar-refractivity contribution in [3.05, 3.63) is 36.4 Å². The molecular weight excluding hydrogens is 490 g/mol. The van der Waals surface area contributed by atoms with Gasteiger partial charge in [0.2, 0.25) is 0 Å². The molecule has 0 aliphatic carbocycles. The van der Waals surface area contributed by atoms with E-state index in [4.69, 9.17) is 0 Å². The molecule has 2 heteroatoms. The molecule has 0 N–H and O–H groups in total. The Kier molecular flexibility index (Phi) is 11.7. The Balaban J connectivity index is 0. The summed E-state index contributed by atoms with van der Waals surface area (Å²) in [6.07, 6.45) is 0. The minimum atomic E-state index is 0. The zero-order valence-electron chi connectivity index (χ0n) is 4.36. The summed E-state index contributed by atoms with van der Waals surface area (Å²) in [7, 11) is 0. The van der Waals surface area contributed by atoms with Gasteiger partial charge in [0.25, 0.3) is 0 Å². The van der Waals surface area contributed by atoms with E-state index in [1.54, 1.807) is 0 Å². The van der Waals surface area contributed by atoms with Crippen molar-refractivity contribution in [2.45, 2.75) is 0 Å². The molecule has 40 valence electrons. The van der Waals surface area contributed by atoms with E-state index in [-0.39, 0.29) is 52.4 Å². The first-order valence-corrected chi connectivity index (χ1v) is 2.00. The summed E-state index contributed by atoms with van der Waals surface area (Å²) in [4.78, 5) is 0. The Morgan fingerprint density at radius 3 is 0.625 bits per heavy atom. The van der Waals surface area contributed by atoms with E-state index in [1.165, 1.54) is 0 Å². The van der Waals surface area contributed by atoms with E-state index in [2.05, 4.69) is 0 Å². The number of benzene rings is 1. The molecule has 0 aromatic heterocycles. The van der Waals surface area contributed by atoms with E-state index < -0.39 is 0 Å². The average molecular weight is 496 g/mol. The Bertz CT molecular complexity index is 78.5. The third-order valence-corrected chi connectivity index (χ3v) is 0.667. The fourth-order valence-corrected chi connectivity index (χ4v) is 0.385. The van der Waals surface area contributed by atoms with Gasteiger partial charge in [-0.1, -0.05) is 36.4 Å². The van der Waals surface area contributed by atoms with Crippen LogP contribution in [0.4, 0.5) is 0 Å². The van der Waals surface area contributed by atoms with Gasteiger partial charge >= 0.3 is 0 Å². The number of hydrogen-bond acceptors (Lipinski definition) is 0. The standard InChI is InChI=1S/C6H6.2Bi/c1-2-4-6-5-3-1;;/h1-6H;;. The summed E-state index contributed by atoms with van der Waals surface area (Å²) in [6.45, 7) is 0. The van der Waals surface area contributed by atoms with Crippen LogP contribution in [-0.4, -0.2) is 52.4 Å². The van der Waals surface area contributed by atoms with Crippen LogP contribution in [0.25, 0.3) is 0 Å². The molecular formula is C6H6Bi2. The van der Waals surface area contributed by atoms with E-state index in [0.29, 0.717) is 0 Å². The largest absolute Gasteiger partial charge is 0.0623 e. The molecule has 0 amide bonds. The summed E-state index contributed by atoms with van der Waals surface area (Å²) >= 11 is 0. The van der Waals surface area contributed by atoms with Crippen molar-refractivity contribution in [1.29, 1.82) is 0 Å². The molecule has 0 atom stereocenters. The Morgan fingerprint density at radius 2 is 0.500 bits per heavy atom. The van der Waals surface area contributed by atoms with Gasteiger partial charge in [0.15, 0.2) is 0 Å². The summed E-state index contributed by atoms with van der Waals surface area (Å²) in [5, 5.41) is 0. The molecule has 0 aliphatic heterocycles. The van der Waals surface area contributed by atoms with Gasteiger partial charge in [-0.25, -0.2) is 0 Å². The fourth-order valence-electron chi connectivity index (χ4n) is 0.385. The quantitative estimate of drug-likeness (QED) is 0.470. The third-order valence-electron chi connectivity index (χ3n) is 0.667. The second-order valence-electron chi connectivity index (χ2n) is 1.15. The normalized spacial score (nSPS) is 6.00. The van der Waals surface area contributed by atoms with Gasteiger partial charge in [-0.2, -0.15) is 0 Å². The smallest absolute Gasteiger partial charge is 0 e. The first-order valence-electron chi connectivity index (χ1n) is 2.00. The van der Waals surface area contributed by atoms with Gasteiger partial charge < -0.3 is 0 Å². The molecule has 0 saturated heterocycles. The maximum absolute atomic E-state index is 2.00. The molecule has 6 radical (unpaired) electrons. The minimum Gasteiger partial charge on any atom is -0.0623 e. The van der Waals surface area contributed by atoms with Gasteiger partial charge in [0.05, 0.1) is 0 Å². The fraction of sp³-hybridized carbons (Fsp3) is 0. The molecule has 1 rings (SSSR count). The molecule has 1 aromatic rings. The van der Waals surface area contributed by atoms with Crippen LogP contribution in [-0.2, 0) is 0 Å². The molecule has 1 aromatic carbocycles. The molecule has 0 fully saturated rings. The van der Waals surface area contributed by atoms with Gasteiger partial charge in [-0.05, 0) is 0 Å². The Morgan fingerprint density at radius 1 is 0.375 bits per heavy atom. The van der Waals surface area contributed by atoms with Gasteiger partial charge in [0.1, 0.15) is 0 Å². The van der Waals surface area contributed by atoms with Crippen LogP contribution in [0, 0.1) is 0 Å². The van der Waals surface area contributed by atoms with Gasteiger partial charge in [-0.15, -0.1) is 0 Å². The topological polar surface area (TPSA) is 0 Å². The SMILES string of the molecule is [Bi].[Bi].c1ccccc1. The molecule has 8 heavy (non-hydrogen) atoms. The van der Waals surface area contributed by atoms with Crippen LogP contribution in [0.2, 0.25) is 0 Å². The van der Waals surface area contributed by atoms with Crippen LogP contribution in [0.5, 0.6) is 0 Å². The van der Waals surface area contributed by atoms with Crippen molar-refractivity contribution >= 4 is 52.4 Å². The van der Waals surface area contributed by atoms with Gasteiger partial charge in [0, 0.05) is 52.4 Å². The monoisotopic (exact) mass is 496 g/mol. The molecule has 0 bridgehead atoms. The Hall–Kier alpha value is 0.986. The van der Waals surface area contributed by atoms with Crippen LogP contribution >= 0.6 is 0 Å². The van der Waals surface area contributed by atoms with Crippen LogP contribution < -0.4 is 0 Å². The molecule has 0 nitrogen and oxygen atoms in total. The van der Waals surface area contributed by atoms with E-state index in [9.17, 15) is 0 Å². The predicted molar refractivity (Wildman–Crippen MR) is 38.0 cm³/mol. The van der Waals surface area contributed by atoms with Crippen molar-refractivity contribution in [1.82, 2.24) is 0 Å². The first kappa shape index (κ1) is 11.7. The summed E-state index contributed by atoms with van der Waals surface area (Å²) in [5.74, 6) is 0. The summed E-state index contributed by atoms with van der Waals surface area (Å²) in [5.41, 5.74) is 0. The summed E-state index contributed by atoms with van der Waals surface area (Å²) < 4.78 is 0. The van der Waals surface area contributed by atoms with E-state index in [1.807, 2.05) is 36.4 Å². The van der Waals surface area contributed by atoms with Crippen molar-refractivity contribution < 1.29 is 0 Å². The van der Waals surface area contributed by atoms with Crippen molar-refractivity contribution in [2.75, 3.05) is 0 Å². The van der Waals surface area contributed by atoms with E-state index in [0.717, 1.165) is 0 Å². The predicted octanol–water partition coefficient (Wildman–Crippen LogP) is 0.925. The van der Waals surface area contributed by atoms with Crippen LogP contribution in [0.15, 0.2) is 36.4 Å². The minimum absolute atomic E-state index is 0. The maximum atomic E-state index is 2.00. The van der Waals surface area contributed by atoms with Crippen molar-refractivity contribution in [2.24, 2.45) is 0 Å². The number of hydrogen-bond donors (Lipinski definition) is 0. The molecule has 0 unspecified atom stereocenters. The first-order chi connectivity index (χ1) is 3.00. The van der Waals surface area contributed by atoms with Gasteiger partial charge in [-0.3, -0.25) is 0 Å². The van der Waals surface area contributed by atoms with Crippen LogP contribution in [0.3, 0.4) is 0 Å². The summed E-state index contributed by atoms with van der Waals surface area (Å²) in [6, 6.07) is 12.0. The zero-order chi connectivity index (χ0) is 4.24. The third kappa shape index (κ3) is 5.13. The molecule has 0 spiro atoms. The number of rotatable bonds is 0. The second-order valence-corrected chi connectivity index (χ2v) is 1.15. The zero-order valence-corrected chi connectivity index (χ0v) is 11.3.